The van der Waals surface area contributed by atoms with Gasteiger partial charge in [0.15, 0.2) is 0 Å². The first-order chi connectivity index (χ1) is 8.08. The van der Waals surface area contributed by atoms with Crippen molar-refractivity contribution in [3.8, 4) is 0 Å². The minimum Gasteiger partial charge on any atom is -0.383 e. The van der Waals surface area contributed by atoms with Crippen LogP contribution in [0.5, 0.6) is 0 Å². The van der Waals surface area contributed by atoms with Crippen molar-refractivity contribution in [2.24, 2.45) is 0 Å². The van der Waals surface area contributed by atoms with Crippen molar-refractivity contribution in [3.05, 3.63) is 11.4 Å². The summed E-state index contributed by atoms with van der Waals surface area (Å²) in [6.07, 6.45) is 4.20. The molecule has 3 N–H and O–H groups in total. The van der Waals surface area contributed by atoms with Crippen LogP contribution in [-0.2, 0) is 6.42 Å². The van der Waals surface area contributed by atoms with Crippen molar-refractivity contribution in [3.63, 3.8) is 0 Å². The molecule has 17 heavy (non-hydrogen) atoms. The highest BCUT2D eigenvalue weighted by Crippen LogP contribution is 2.19. The number of hydrogen-bond donors (Lipinski definition) is 2. The highest BCUT2D eigenvalue weighted by molar-refractivity contribution is 5.55. The van der Waals surface area contributed by atoms with E-state index < -0.39 is 0 Å². The van der Waals surface area contributed by atoms with Crippen LogP contribution in [0, 0.1) is 6.92 Å². The molecule has 0 aliphatic heterocycles. The Kier molecular flexibility index (Phi) is 5.19. The summed E-state index contributed by atoms with van der Waals surface area (Å²) < 4.78 is 0. The summed E-state index contributed by atoms with van der Waals surface area (Å²) in [4.78, 5) is 8.85. The molecule has 96 valence electrons. The van der Waals surface area contributed by atoms with Crippen molar-refractivity contribution >= 4 is 11.6 Å². The topological polar surface area (TPSA) is 63.8 Å². The third-order valence-electron chi connectivity index (χ3n) is 2.81. The molecule has 0 aliphatic carbocycles. The number of nitrogens with zero attached hydrogens (tertiary/aromatic N) is 2. The zero-order chi connectivity index (χ0) is 12.8. The molecule has 1 aromatic heterocycles. The number of hydrogen-bond acceptors (Lipinski definition) is 4. The fourth-order valence-corrected chi connectivity index (χ4v) is 1.80. The number of nitrogen functional groups attached to an aromatic ring is 1. The third kappa shape index (κ3) is 3.88. The van der Waals surface area contributed by atoms with E-state index in [9.17, 15) is 0 Å². The highest BCUT2D eigenvalue weighted by atomic mass is 15.1. The van der Waals surface area contributed by atoms with Gasteiger partial charge in [0.1, 0.15) is 17.5 Å². The van der Waals surface area contributed by atoms with Gasteiger partial charge in [-0.1, -0.05) is 20.3 Å². The number of nitrogens with two attached hydrogens (primary N) is 1. The van der Waals surface area contributed by atoms with Crippen molar-refractivity contribution in [1.29, 1.82) is 0 Å². The van der Waals surface area contributed by atoms with E-state index >= 15 is 0 Å². The van der Waals surface area contributed by atoms with E-state index in [2.05, 4.69) is 36.1 Å². The van der Waals surface area contributed by atoms with E-state index in [0.29, 0.717) is 11.9 Å². The molecule has 1 atom stereocenters. The van der Waals surface area contributed by atoms with Crippen LogP contribution in [0.4, 0.5) is 11.6 Å². The SMILES string of the molecule is CCCc1nc(N)c(C)c(NC(C)CCC)n1. The second-order valence-electron chi connectivity index (χ2n) is 4.58. The summed E-state index contributed by atoms with van der Waals surface area (Å²) >= 11 is 0. The molecule has 4 nitrogen and oxygen atoms in total. The Bertz CT molecular complexity index is 363. The maximum atomic E-state index is 5.91. The predicted molar refractivity (Wildman–Crippen MR) is 73.2 cm³/mol. The lowest BCUT2D eigenvalue weighted by atomic mass is 10.2. The third-order valence-corrected chi connectivity index (χ3v) is 2.81. The molecule has 0 aromatic carbocycles. The van der Waals surface area contributed by atoms with Crippen molar-refractivity contribution < 1.29 is 0 Å². The number of nitrogens with one attached hydrogen (secondary N) is 1. The molecule has 0 radical (unpaired) electrons. The minimum absolute atomic E-state index is 0.419. The lowest BCUT2D eigenvalue weighted by molar-refractivity contribution is 0.684. The molecule has 1 unspecified atom stereocenters. The first kappa shape index (κ1) is 13.7. The minimum atomic E-state index is 0.419. The van der Waals surface area contributed by atoms with Gasteiger partial charge in [-0.3, -0.25) is 0 Å². The summed E-state index contributed by atoms with van der Waals surface area (Å²) in [5.74, 6) is 2.32. The highest BCUT2D eigenvalue weighted by Gasteiger charge is 2.10. The fourth-order valence-electron chi connectivity index (χ4n) is 1.80. The second kappa shape index (κ2) is 6.42. The quantitative estimate of drug-likeness (QED) is 0.797. The molecule has 1 aromatic rings. The van der Waals surface area contributed by atoms with Crippen LogP contribution >= 0.6 is 0 Å². The molecule has 0 spiro atoms. The number of rotatable bonds is 6. The molecule has 0 aliphatic rings. The van der Waals surface area contributed by atoms with Crippen LogP contribution in [-0.4, -0.2) is 16.0 Å². The zero-order valence-electron chi connectivity index (χ0n) is 11.4. The van der Waals surface area contributed by atoms with Crippen LogP contribution in [0.25, 0.3) is 0 Å². The van der Waals surface area contributed by atoms with Crippen LogP contribution in [0.3, 0.4) is 0 Å². The Morgan fingerprint density at radius 1 is 1.24 bits per heavy atom. The van der Waals surface area contributed by atoms with Gasteiger partial charge in [-0.15, -0.1) is 0 Å². The largest absolute Gasteiger partial charge is 0.383 e. The molecule has 0 bridgehead atoms. The predicted octanol–water partition coefficient (Wildman–Crippen LogP) is 2.92. The van der Waals surface area contributed by atoms with E-state index in [1.807, 2.05) is 6.92 Å². The molecular formula is C13H24N4. The smallest absolute Gasteiger partial charge is 0.134 e. The van der Waals surface area contributed by atoms with Gasteiger partial charge in [0.05, 0.1) is 0 Å². The van der Waals surface area contributed by atoms with Crippen LogP contribution in [0.15, 0.2) is 0 Å². The number of aryl methyl sites for hydroxylation is 1. The molecular weight excluding hydrogens is 212 g/mol. The second-order valence-corrected chi connectivity index (χ2v) is 4.58. The van der Waals surface area contributed by atoms with Gasteiger partial charge in [0, 0.05) is 18.0 Å². The lowest BCUT2D eigenvalue weighted by Gasteiger charge is -2.16. The maximum Gasteiger partial charge on any atom is 0.134 e. The zero-order valence-corrected chi connectivity index (χ0v) is 11.4. The van der Waals surface area contributed by atoms with E-state index in [-0.39, 0.29) is 0 Å². The standard InChI is InChI=1S/C13H24N4/c1-5-7-9(3)15-13-10(4)12(14)16-11(17-13)8-6-2/h9H,5-8H2,1-4H3,(H3,14,15,16,17). The van der Waals surface area contributed by atoms with Crippen molar-refractivity contribution in [2.75, 3.05) is 11.1 Å². The van der Waals surface area contributed by atoms with Gasteiger partial charge in [0.2, 0.25) is 0 Å². The van der Waals surface area contributed by atoms with E-state index in [4.69, 9.17) is 5.73 Å². The molecule has 1 heterocycles. The Morgan fingerprint density at radius 3 is 2.53 bits per heavy atom. The fraction of sp³-hybridized carbons (Fsp3) is 0.692. The molecule has 4 heteroatoms. The number of aromatic nitrogens is 2. The molecule has 0 amide bonds. The molecule has 0 fully saturated rings. The van der Waals surface area contributed by atoms with Crippen molar-refractivity contribution in [2.45, 2.75) is 59.4 Å². The Hall–Kier alpha value is -1.32. The van der Waals surface area contributed by atoms with E-state index in [0.717, 1.165) is 42.9 Å². The Labute approximate surface area is 104 Å². The summed E-state index contributed by atoms with van der Waals surface area (Å²) in [5.41, 5.74) is 6.86. The van der Waals surface area contributed by atoms with Gasteiger partial charge in [-0.25, -0.2) is 9.97 Å². The van der Waals surface area contributed by atoms with Crippen LogP contribution in [0.2, 0.25) is 0 Å². The monoisotopic (exact) mass is 236 g/mol. The van der Waals surface area contributed by atoms with Crippen molar-refractivity contribution in [1.82, 2.24) is 9.97 Å². The molecule has 0 saturated carbocycles. The van der Waals surface area contributed by atoms with Gasteiger partial charge in [-0.2, -0.15) is 0 Å². The van der Waals surface area contributed by atoms with E-state index in [1.54, 1.807) is 0 Å². The van der Waals surface area contributed by atoms with Gasteiger partial charge in [-0.05, 0) is 26.7 Å². The maximum absolute atomic E-state index is 5.91. The first-order valence-electron chi connectivity index (χ1n) is 6.48. The lowest BCUT2D eigenvalue weighted by Crippen LogP contribution is -2.18. The van der Waals surface area contributed by atoms with Gasteiger partial charge in [0.25, 0.3) is 0 Å². The molecule has 0 saturated heterocycles. The first-order valence-corrected chi connectivity index (χ1v) is 6.48. The molecule has 1 rings (SSSR count). The van der Waals surface area contributed by atoms with Gasteiger partial charge >= 0.3 is 0 Å². The van der Waals surface area contributed by atoms with Crippen LogP contribution < -0.4 is 11.1 Å². The average Bonchev–Trinajstić information content (AvgIpc) is 2.26. The Balaban J connectivity index is 2.88. The number of anilines is 2. The summed E-state index contributed by atoms with van der Waals surface area (Å²) in [7, 11) is 0. The summed E-state index contributed by atoms with van der Waals surface area (Å²) in [5, 5.41) is 3.42. The summed E-state index contributed by atoms with van der Waals surface area (Å²) in [6, 6.07) is 0.419. The summed E-state index contributed by atoms with van der Waals surface area (Å²) in [6.45, 7) is 8.43. The Morgan fingerprint density at radius 2 is 1.94 bits per heavy atom. The normalized spacial score (nSPS) is 12.5. The average molecular weight is 236 g/mol. The van der Waals surface area contributed by atoms with E-state index in [1.165, 1.54) is 0 Å². The van der Waals surface area contributed by atoms with Crippen LogP contribution in [0.1, 0.15) is 51.4 Å². The van der Waals surface area contributed by atoms with Gasteiger partial charge < -0.3 is 11.1 Å².